The Morgan fingerprint density at radius 2 is 2.07 bits per heavy atom. The molecular formula is C21H25N5O2S. The van der Waals surface area contributed by atoms with E-state index in [-0.39, 0.29) is 7.43 Å². The molecular weight excluding hydrogens is 386 g/mol. The van der Waals surface area contributed by atoms with Gasteiger partial charge in [-0.2, -0.15) is 0 Å². The number of urea groups is 1. The molecule has 0 spiro atoms. The molecule has 2 aromatic heterocycles. The molecule has 8 heteroatoms. The number of primary amides is 1. The van der Waals surface area contributed by atoms with Gasteiger partial charge in [-0.3, -0.25) is 20.0 Å². The summed E-state index contributed by atoms with van der Waals surface area (Å²) in [5.41, 5.74) is 8.45. The standard InChI is InChI=1S/C20H21N5O2S.CH4/c1-2-25-8-7-14-16(11-25)28-19(17(14)18(21)26)24-20(27)23-13-9-12-5-3-4-6-15(12)22-10-13;/h3-6,9-10H,2,7-8,11H2,1H3,(H2,21,26)(H2,23,24,27);1H4. The highest BCUT2D eigenvalue weighted by Gasteiger charge is 2.27. The van der Waals surface area contributed by atoms with Crippen LogP contribution in [0.25, 0.3) is 10.9 Å². The van der Waals surface area contributed by atoms with Crippen LogP contribution in [0.4, 0.5) is 15.5 Å². The largest absolute Gasteiger partial charge is 0.365 e. The van der Waals surface area contributed by atoms with Gasteiger partial charge in [0.05, 0.1) is 23.0 Å². The van der Waals surface area contributed by atoms with Gasteiger partial charge in [-0.25, -0.2) is 4.79 Å². The van der Waals surface area contributed by atoms with E-state index in [1.807, 2.05) is 30.3 Å². The van der Waals surface area contributed by atoms with Gasteiger partial charge in [0.25, 0.3) is 5.91 Å². The molecule has 4 rings (SSSR count). The van der Waals surface area contributed by atoms with Gasteiger partial charge in [0.1, 0.15) is 5.00 Å². The van der Waals surface area contributed by atoms with Gasteiger partial charge in [0, 0.05) is 23.4 Å². The average molecular weight is 412 g/mol. The van der Waals surface area contributed by atoms with Crippen molar-refractivity contribution in [3.05, 3.63) is 52.5 Å². The number of benzene rings is 1. The molecule has 0 aliphatic carbocycles. The van der Waals surface area contributed by atoms with Crippen molar-refractivity contribution in [2.24, 2.45) is 5.73 Å². The number of likely N-dealkylation sites (N-methyl/N-ethyl adjacent to an activating group) is 1. The fourth-order valence-corrected chi connectivity index (χ4v) is 4.77. The summed E-state index contributed by atoms with van der Waals surface area (Å²) >= 11 is 1.42. The molecule has 29 heavy (non-hydrogen) atoms. The lowest BCUT2D eigenvalue weighted by atomic mass is 10.0. The van der Waals surface area contributed by atoms with Crippen LogP contribution < -0.4 is 16.4 Å². The average Bonchev–Trinajstić information content (AvgIpc) is 3.04. The molecule has 152 valence electrons. The predicted octanol–water partition coefficient (Wildman–Crippen LogP) is 4.05. The first-order valence-electron chi connectivity index (χ1n) is 9.14. The molecule has 0 fully saturated rings. The molecule has 1 aliphatic rings. The van der Waals surface area contributed by atoms with Crippen LogP contribution in [-0.2, 0) is 13.0 Å². The molecule has 3 amide bonds. The third kappa shape index (κ3) is 4.23. The lowest BCUT2D eigenvalue weighted by molar-refractivity contribution is 0.1000. The molecule has 3 aromatic rings. The summed E-state index contributed by atoms with van der Waals surface area (Å²) in [7, 11) is 0. The van der Waals surface area contributed by atoms with Crippen molar-refractivity contribution in [1.29, 1.82) is 0 Å². The van der Waals surface area contributed by atoms with E-state index in [2.05, 4.69) is 27.4 Å². The lowest BCUT2D eigenvalue weighted by Crippen LogP contribution is -2.30. The Labute approximate surface area is 173 Å². The summed E-state index contributed by atoms with van der Waals surface area (Å²) in [4.78, 5) is 32.3. The molecule has 3 heterocycles. The monoisotopic (exact) mass is 411 g/mol. The van der Waals surface area contributed by atoms with Crippen molar-refractivity contribution in [2.75, 3.05) is 23.7 Å². The number of thiophene rings is 1. The number of rotatable bonds is 4. The Balaban J connectivity index is 0.00000240. The summed E-state index contributed by atoms with van der Waals surface area (Å²) < 4.78 is 0. The van der Waals surface area contributed by atoms with Crippen LogP contribution in [0.1, 0.15) is 35.1 Å². The molecule has 4 N–H and O–H groups in total. The first-order valence-corrected chi connectivity index (χ1v) is 9.96. The minimum absolute atomic E-state index is 0. The smallest absolute Gasteiger partial charge is 0.324 e. The number of aromatic nitrogens is 1. The highest BCUT2D eigenvalue weighted by Crippen LogP contribution is 2.37. The molecule has 0 saturated heterocycles. The van der Waals surface area contributed by atoms with Gasteiger partial charge in [-0.05, 0) is 30.7 Å². The van der Waals surface area contributed by atoms with Gasteiger partial charge in [0.15, 0.2) is 0 Å². The zero-order chi connectivity index (χ0) is 19.7. The molecule has 0 atom stereocenters. The van der Waals surface area contributed by atoms with Gasteiger partial charge in [-0.15, -0.1) is 11.3 Å². The number of fused-ring (bicyclic) bond motifs is 2. The van der Waals surface area contributed by atoms with Crippen LogP contribution >= 0.6 is 11.3 Å². The highest BCUT2D eigenvalue weighted by molar-refractivity contribution is 7.17. The Hall–Kier alpha value is -2.97. The second kappa shape index (κ2) is 8.59. The van der Waals surface area contributed by atoms with Crippen LogP contribution in [0.15, 0.2) is 36.5 Å². The number of para-hydroxylation sites is 1. The van der Waals surface area contributed by atoms with E-state index in [0.29, 0.717) is 16.3 Å². The maximum Gasteiger partial charge on any atom is 0.324 e. The van der Waals surface area contributed by atoms with E-state index in [0.717, 1.165) is 47.4 Å². The first kappa shape index (κ1) is 20.8. The first-order chi connectivity index (χ1) is 13.5. The number of carbonyl (C=O) groups excluding carboxylic acids is 2. The summed E-state index contributed by atoms with van der Waals surface area (Å²) in [6, 6.07) is 9.11. The van der Waals surface area contributed by atoms with Crippen molar-refractivity contribution in [1.82, 2.24) is 9.88 Å². The molecule has 0 radical (unpaired) electrons. The number of anilines is 2. The third-order valence-corrected chi connectivity index (χ3v) is 6.04. The number of amides is 3. The van der Waals surface area contributed by atoms with Gasteiger partial charge >= 0.3 is 6.03 Å². The van der Waals surface area contributed by atoms with Crippen LogP contribution in [0.5, 0.6) is 0 Å². The van der Waals surface area contributed by atoms with Crippen molar-refractivity contribution < 1.29 is 9.59 Å². The fourth-order valence-electron chi connectivity index (χ4n) is 3.48. The normalized spacial score (nSPS) is 13.4. The number of hydrogen-bond acceptors (Lipinski definition) is 5. The topological polar surface area (TPSA) is 100 Å². The lowest BCUT2D eigenvalue weighted by Gasteiger charge is -2.25. The van der Waals surface area contributed by atoms with Crippen LogP contribution in [-0.4, -0.2) is 34.9 Å². The minimum Gasteiger partial charge on any atom is -0.365 e. The zero-order valence-electron chi connectivity index (χ0n) is 15.5. The van der Waals surface area contributed by atoms with Crippen molar-refractivity contribution in [3.63, 3.8) is 0 Å². The molecule has 0 bridgehead atoms. The van der Waals surface area contributed by atoms with E-state index < -0.39 is 11.9 Å². The number of carbonyl (C=O) groups is 2. The van der Waals surface area contributed by atoms with Crippen LogP contribution in [0.2, 0.25) is 0 Å². The molecule has 1 aliphatic heterocycles. The number of nitrogens with zero attached hydrogens (tertiary/aromatic N) is 2. The molecule has 7 nitrogen and oxygen atoms in total. The van der Waals surface area contributed by atoms with Gasteiger partial charge in [0.2, 0.25) is 0 Å². The molecule has 0 unspecified atom stereocenters. The Bertz CT molecular complexity index is 1060. The zero-order valence-corrected chi connectivity index (χ0v) is 16.3. The summed E-state index contributed by atoms with van der Waals surface area (Å²) in [5, 5.41) is 7.02. The highest BCUT2D eigenvalue weighted by atomic mass is 32.1. The number of nitrogens with one attached hydrogen (secondary N) is 2. The predicted molar refractivity (Wildman–Crippen MR) is 119 cm³/mol. The molecule has 1 aromatic carbocycles. The second-order valence-corrected chi connectivity index (χ2v) is 7.79. The van der Waals surface area contributed by atoms with Crippen molar-refractivity contribution in [2.45, 2.75) is 27.3 Å². The summed E-state index contributed by atoms with van der Waals surface area (Å²) in [6.07, 6.45) is 2.37. The quantitative estimate of drug-likeness (QED) is 0.603. The van der Waals surface area contributed by atoms with E-state index >= 15 is 0 Å². The SMILES string of the molecule is C.CCN1CCc2c(sc(NC(=O)Nc3cnc4ccccc4c3)c2C(N)=O)C1. The Kier molecular flexibility index (Phi) is 6.14. The van der Waals surface area contributed by atoms with Gasteiger partial charge < -0.3 is 11.1 Å². The Morgan fingerprint density at radius 3 is 2.83 bits per heavy atom. The second-order valence-electron chi connectivity index (χ2n) is 6.69. The van der Waals surface area contributed by atoms with Crippen molar-refractivity contribution >= 4 is 44.9 Å². The van der Waals surface area contributed by atoms with Crippen LogP contribution in [0.3, 0.4) is 0 Å². The third-order valence-electron chi connectivity index (χ3n) is 4.90. The van der Waals surface area contributed by atoms with Crippen molar-refractivity contribution in [3.8, 4) is 0 Å². The summed E-state index contributed by atoms with van der Waals surface area (Å²) in [5.74, 6) is -0.509. The number of pyridine rings is 1. The van der Waals surface area contributed by atoms with E-state index in [1.54, 1.807) is 6.20 Å². The maximum absolute atomic E-state index is 12.5. The van der Waals surface area contributed by atoms with E-state index in [9.17, 15) is 9.59 Å². The Morgan fingerprint density at radius 1 is 1.28 bits per heavy atom. The van der Waals surface area contributed by atoms with Crippen LogP contribution in [0, 0.1) is 0 Å². The van der Waals surface area contributed by atoms with Gasteiger partial charge in [-0.1, -0.05) is 32.5 Å². The minimum atomic E-state index is -0.509. The maximum atomic E-state index is 12.5. The summed E-state index contributed by atoms with van der Waals surface area (Å²) in [6.45, 7) is 4.71. The number of hydrogen-bond donors (Lipinski definition) is 3. The fraction of sp³-hybridized carbons (Fsp3) is 0.286. The van der Waals surface area contributed by atoms with E-state index in [4.69, 9.17) is 5.73 Å². The number of nitrogens with two attached hydrogens (primary N) is 1. The van der Waals surface area contributed by atoms with E-state index in [1.165, 1.54) is 11.3 Å². The molecule has 0 saturated carbocycles.